The summed E-state index contributed by atoms with van der Waals surface area (Å²) in [6.07, 6.45) is 4.37. The maximum Gasteiger partial charge on any atom is 0.273 e. The quantitative estimate of drug-likeness (QED) is 0.763. The second kappa shape index (κ2) is 3.66. The summed E-state index contributed by atoms with van der Waals surface area (Å²) < 4.78 is 4.95. The van der Waals surface area contributed by atoms with Crippen LogP contribution in [0.15, 0.2) is 10.8 Å². The Balaban J connectivity index is 1.90. The Labute approximate surface area is 88.0 Å². The first-order valence-electron chi connectivity index (χ1n) is 5.08. The van der Waals surface area contributed by atoms with Gasteiger partial charge in [-0.25, -0.2) is 4.98 Å². The van der Waals surface area contributed by atoms with E-state index in [2.05, 4.69) is 10.3 Å². The molecule has 1 heterocycles. The number of hydrogen-bond donors (Lipinski definition) is 2. The van der Waals surface area contributed by atoms with Gasteiger partial charge in [-0.15, -0.1) is 0 Å². The zero-order chi connectivity index (χ0) is 10.9. The van der Waals surface area contributed by atoms with Gasteiger partial charge in [-0.05, 0) is 26.2 Å². The fourth-order valence-electron chi connectivity index (χ4n) is 1.67. The highest BCUT2D eigenvalue weighted by Crippen LogP contribution is 2.28. The standard InChI is InChI=1S/C10H15N3O2/c1-7-8(13-6-15-7)9(14)12-5-10(11)3-2-4-10/h6H,2-5,11H2,1H3,(H,12,14). The number of oxazole rings is 1. The van der Waals surface area contributed by atoms with Crippen LogP contribution in [-0.2, 0) is 0 Å². The minimum atomic E-state index is -0.210. The predicted octanol–water partition coefficient (Wildman–Crippen LogP) is 0.594. The molecule has 0 radical (unpaired) electrons. The summed E-state index contributed by atoms with van der Waals surface area (Å²) in [7, 11) is 0. The molecular weight excluding hydrogens is 194 g/mol. The first-order valence-corrected chi connectivity index (χ1v) is 5.08. The number of nitrogens with two attached hydrogens (primary N) is 1. The molecule has 1 saturated carbocycles. The van der Waals surface area contributed by atoms with Crippen LogP contribution in [0.1, 0.15) is 35.5 Å². The van der Waals surface area contributed by atoms with Crippen LogP contribution in [0.3, 0.4) is 0 Å². The van der Waals surface area contributed by atoms with Gasteiger partial charge in [-0.2, -0.15) is 0 Å². The number of aryl methyl sites for hydroxylation is 1. The Hall–Kier alpha value is -1.36. The molecule has 5 nitrogen and oxygen atoms in total. The summed E-state index contributed by atoms with van der Waals surface area (Å²) in [6.45, 7) is 2.22. The molecular formula is C10H15N3O2. The molecule has 0 saturated heterocycles. The van der Waals surface area contributed by atoms with Gasteiger partial charge in [0, 0.05) is 12.1 Å². The van der Waals surface area contributed by atoms with E-state index >= 15 is 0 Å². The predicted molar refractivity (Wildman–Crippen MR) is 54.3 cm³/mol. The van der Waals surface area contributed by atoms with Gasteiger partial charge in [-0.1, -0.05) is 0 Å². The lowest BCUT2D eigenvalue weighted by Crippen LogP contribution is -2.55. The maximum atomic E-state index is 11.6. The van der Waals surface area contributed by atoms with Gasteiger partial charge in [0.15, 0.2) is 12.1 Å². The summed E-state index contributed by atoms with van der Waals surface area (Å²) >= 11 is 0. The Bertz CT molecular complexity index is 368. The maximum absolute atomic E-state index is 11.6. The molecule has 0 atom stereocenters. The van der Waals surface area contributed by atoms with Crippen LogP contribution in [0.5, 0.6) is 0 Å². The number of hydrogen-bond acceptors (Lipinski definition) is 4. The highest BCUT2D eigenvalue weighted by atomic mass is 16.3. The Morgan fingerprint density at radius 1 is 1.73 bits per heavy atom. The molecule has 3 N–H and O–H groups in total. The number of carbonyl (C=O) groups is 1. The van der Waals surface area contributed by atoms with E-state index in [1.54, 1.807) is 6.92 Å². The van der Waals surface area contributed by atoms with E-state index in [1.807, 2.05) is 0 Å². The van der Waals surface area contributed by atoms with Crippen molar-refractivity contribution in [2.24, 2.45) is 5.73 Å². The van der Waals surface area contributed by atoms with Crippen LogP contribution in [0.2, 0.25) is 0 Å². The molecule has 0 aromatic carbocycles. The zero-order valence-electron chi connectivity index (χ0n) is 8.75. The topological polar surface area (TPSA) is 81.2 Å². The fraction of sp³-hybridized carbons (Fsp3) is 0.600. The van der Waals surface area contributed by atoms with E-state index in [0.29, 0.717) is 18.0 Å². The average molecular weight is 209 g/mol. The molecule has 0 aliphatic heterocycles. The van der Waals surface area contributed by atoms with Gasteiger partial charge in [0.05, 0.1) is 0 Å². The number of aromatic nitrogens is 1. The minimum Gasteiger partial charge on any atom is -0.448 e. The molecule has 1 aromatic heterocycles. The highest BCUT2D eigenvalue weighted by Gasteiger charge is 2.33. The van der Waals surface area contributed by atoms with Crippen molar-refractivity contribution in [2.45, 2.75) is 31.7 Å². The van der Waals surface area contributed by atoms with Crippen molar-refractivity contribution in [3.63, 3.8) is 0 Å². The minimum absolute atomic E-state index is 0.201. The summed E-state index contributed by atoms with van der Waals surface area (Å²) in [5, 5.41) is 2.78. The van der Waals surface area contributed by atoms with E-state index in [1.165, 1.54) is 6.39 Å². The molecule has 2 rings (SSSR count). The fourth-order valence-corrected chi connectivity index (χ4v) is 1.67. The molecule has 82 valence electrons. The zero-order valence-corrected chi connectivity index (χ0v) is 8.75. The molecule has 1 fully saturated rings. The Morgan fingerprint density at radius 3 is 2.93 bits per heavy atom. The van der Waals surface area contributed by atoms with E-state index in [4.69, 9.17) is 10.2 Å². The van der Waals surface area contributed by atoms with Gasteiger partial charge in [0.25, 0.3) is 5.91 Å². The van der Waals surface area contributed by atoms with Crippen molar-refractivity contribution < 1.29 is 9.21 Å². The molecule has 15 heavy (non-hydrogen) atoms. The van der Waals surface area contributed by atoms with Gasteiger partial charge in [-0.3, -0.25) is 4.79 Å². The number of carbonyl (C=O) groups excluding carboxylic acids is 1. The van der Waals surface area contributed by atoms with E-state index in [0.717, 1.165) is 19.3 Å². The third-order valence-corrected chi connectivity index (χ3v) is 2.91. The second-order valence-electron chi connectivity index (χ2n) is 4.16. The number of nitrogens with one attached hydrogen (secondary N) is 1. The Kier molecular flexibility index (Phi) is 2.48. The van der Waals surface area contributed by atoms with Gasteiger partial charge in [0.2, 0.25) is 0 Å². The number of amides is 1. The highest BCUT2D eigenvalue weighted by molar-refractivity contribution is 5.93. The SMILES string of the molecule is Cc1ocnc1C(=O)NCC1(N)CCC1. The Morgan fingerprint density at radius 2 is 2.47 bits per heavy atom. The van der Waals surface area contributed by atoms with Gasteiger partial charge < -0.3 is 15.5 Å². The van der Waals surface area contributed by atoms with Crippen LogP contribution in [0, 0.1) is 6.92 Å². The van der Waals surface area contributed by atoms with E-state index in [-0.39, 0.29) is 11.4 Å². The third-order valence-electron chi connectivity index (χ3n) is 2.91. The normalized spacial score (nSPS) is 18.3. The third kappa shape index (κ3) is 2.02. The molecule has 5 heteroatoms. The molecule has 0 unspecified atom stereocenters. The first kappa shape index (κ1) is 10.2. The lowest BCUT2D eigenvalue weighted by atomic mass is 9.78. The summed E-state index contributed by atoms with van der Waals surface area (Å²) in [5.41, 5.74) is 6.13. The van der Waals surface area contributed by atoms with E-state index < -0.39 is 0 Å². The molecule has 1 amide bonds. The van der Waals surface area contributed by atoms with Crippen molar-refractivity contribution >= 4 is 5.91 Å². The van der Waals surface area contributed by atoms with Crippen LogP contribution in [0.25, 0.3) is 0 Å². The molecule has 1 aliphatic rings. The largest absolute Gasteiger partial charge is 0.448 e. The van der Waals surface area contributed by atoms with Crippen LogP contribution < -0.4 is 11.1 Å². The second-order valence-corrected chi connectivity index (χ2v) is 4.16. The monoisotopic (exact) mass is 209 g/mol. The van der Waals surface area contributed by atoms with Gasteiger partial charge in [0.1, 0.15) is 5.76 Å². The number of nitrogens with zero attached hydrogens (tertiary/aromatic N) is 1. The van der Waals surface area contributed by atoms with Crippen LogP contribution >= 0.6 is 0 Å². The van der Waals surface area contributed by atoms with Crippen molar-refractivity contribution in [1.82, 2.24) is 10.3 Å². The molecule has 1 aliphatic carbocycles. The van der Waals surface area contributed by atoms with Crippen molar-refractivity contribution in [3.05, 3.63) is 17.8 Å². The molecule has 0 spiro atoms. The summed E-state index contributed by atoms with van der Waals surface area (Å²) in [6, 6.07) is 0. The van der Waals surface area contributed by atoms with Crippen molar-refractivity contribution in [1.29, 1.82) is 0 Å². The van der Waals surface area contributed by atoms with Crippen LogP contribution in [-0.4, -0.2) is 23.0 Å². The van der Waals surface area contributed by atoms with Crippen LogP contribution in [0.4, 0.5) is 0 Å². The first-order chi connectivity index (χ1) is 7.11. The van der Waals surface area contributed by atoms with Crippen molar-refractivity contribution in [3.8, 4) is 0 Å². The number of rotatable bonds is 3. The molecule has 0 bridgehead atoms. The summed E-state index contributed by atoms with van der Waals surface area (Å²) in [4.78, 5) is 15.5. The average Bonchev–Trinajstić information content (AvgIpc) is 2.58. The van der Waals surface area contributed by atoms with Gasteiger partial charge >= 0.3 is 0 Å². The lowest BCUT2D eigenvalue weighted by Gasteiger charge is -2.37. The lowest BCUT2D eigenvalue weighted by molar-refractivity contribution is 0.0924. The molecule has 1 aromatic rings. The van der Waals surface area contributed by atoms with Crippen molar-refractivity contribution in [2.75, 3.05) is 6.54 Å². The van der Waals surface area contributed by atoms with E-state index in [9.17, 15) is 4.79 Å². The summed E-state index contributed by atoms with van der Waals surface area (Å²) in [5.74, 6) is 0.324. The smallest absolute Gasteiger partial charge is 0.273 e.